The first-order valence-corrected chi connectivity index (χ1v) is 4.51. The molecule has 0 atom stereocenters. The van der Waals surface area contributed by atoms with Crippen LogP contribution in [0.1, 0.15) is 27.7 Å². The molecule has 0 aliphatic carbocycles. The number of hydrogen-bond donors (Lipinski definition) is 0. The van der Waals surface area contributed by atoms with E-state index in [2.05, 4.69) is 0 Å². The van der Waals surface area contributed by atoms with E-state index >= 15 is 0 Å². The van der Waals surface area contributed by atoms with Crippen LogP contribution in [0.3, 0.4) is 0 Å². The molecule has 8 heteroatoms. The molecule has 0 aromatic rings. The minimum atomic E-state index is -5.08. The molecule has 0 radical (unpaired) electrons. The topological polar surface area (TPSA) is 0 Å². The second-order valence-electron chi connectivity index (χ2n) is 4.30. The smallest absolute Gasteiger partial charge is 0.206 e. The molecule has 0 N–H and O–H groups in total. The van der Waals surface area contributed by atoms with Gasteiger partial charge in [-0.3, -0.25) is 0 Å². The van der Waals surface area contributed by atoms with Gasteiger partial charge in [0.25, 0.3) is 23.7 Å². The predicted molar refractivity (Wildman–Crippen MR) is 44.9 cm³/mol. The lowest BCUT2D eigenvalue weighted by Crippen LogP contribution is -2.69. The van der Waals surface area contributed by atoms with E-state index in [1.807, 2.05) is 0 Å². The van der Waals surface area contributed by atoms with Crippen LogP contribution >= 0.6 is 0 Å². The lowest BCUT2D eigenvalue weighted by molar-refractivity contribution is -0.378. The van der Waals surface area contributed by atoms with Crippen LogP contribution in [0.2, 0.25) is 0 Å². The first-order valence-electron chi connectivity index (χ1n) is 4.51. The Morgan fingerprint density at radius 1 is 0.412 bits per heavy atom. The average molecular weight is 272 g/mol. The predicted octanol–water partition coefficient (Wildman–Crippen LogP) is 4.59. The first kappa shape index (κ1) is 16.4. The van der Waals surface area contributed by atoms with Gasteiger partial charge in [0.05, 0.1) is 0 Å². The van der Waals surface area contributed by atoms with Gasteiger partial charge in [-0.2, -0.15) is 0 Å². The van der Waals surface area contributed by atoms with Gasteiger partial charge < -0.3 is 0 Å². The highest BCUT2D eigenvalue weighted by Crippen LogP contribution is 2.64. The molecule has 0 bridgehead atoms. The number of rotatable bonds is 4. The molecule has 0 heterocycles. The Hall–Kier alpha value is -0.560. The van der Waals surface area contributed by atoms with Crippen molar-refractivity contribution in [3.05, 3.63) is 0 Å². The van der Waals surface area contributed by atoms with E-state index in [4.69, 9.17) is 0 Å². The van der Waals surface area contributed by atoms with Gasteiger partial charge >= 0.3 is 0 Å². The highest BCUT2D eigenvalue weighted by Gasteiger charge is 2.83. The van der Waals surface area contributed by atoms with E-state index in [9.17, 15) is 35.1 Å². The fraction of sp³-hybridized carbons (Fsp3) is 1.00. The van der Waals surface area contributed by atoms with Gasteiger partial charge in [0.2, 0.25) is 5.41 Å². The summed E-state index contributed by atoms with van der Waals surface area (Å²) >= 11 is 0. The minimum absolute atomic E-state index is 0.362. The van der Waals surface area contributed by atoms with E-state index in [1.165, 1.54) is 0 Å². The summed E-state index contributed by atoms with van der Waals surface area (Å²) in [5.74, 6) is -19.9. The molecule has 0 aromatic carbocycles. The SMILES string of the molecule is CC(F)(F)C(C(C)(F)F)(C(C)(F)F)C(C)(F)F. The van der Waals surface area contributed by atoms with Gasteiger partial charge in [-0.05, 0) is 0 Å². The van der Waals surface area contributed by atoms with Crippen molar-refractivity contribution in [1.29, 1.82) is 0 Å². The number of hydrogen-bond acceptors (Lipinski definition) is 0. The quantitative estimate of drug-likeness (QED) is 0.656. The van der Waals surface area contributed by atoms with Crippen molar-refractivity contribution in [2.24, 2.45) is 5.41 Å². The van der Waals surface area contributed by atoms with Gasteiger partial charge in [-0.1, -0.05) is 0 Å². The monoisotopic (exact) mass is 272 g/mol. The van der Waals surface area contributed by atoms with E-state index in [0.29, 0.717) is 0 Å². The maximum atomic E-state index is 13.1. The molecule has 0 fully saturated rings. The van der Waals surface area contributed by atoms with Crippen LogP contribution in [0.25, 0.3) is 0 Å². The van der Waals surface area contributed by atoms with Crippen molar-refractivity contribution in [1.82, 2.24) is 0 Å². The molecule has 0 aromatic heterocycles. The Morgan fingerprint density at radius 3 is 0.529 bits per heavy atom. The molecular weight excluding hydrogens is 260 g/mol. The summed E-state index contributed by atoms with van der Waals surface area (Å²) in [6.45, 7) is -1.45. The van der Waals surface area contributed by atoms with E-state index in [1.54, 1.807) is 0 Å². The fourth-order valence-electron chi connectivity index (χ4n) is 2.31. The summed E-state index contributed by atoms with van der Waals surface area (Å²) < 4.78 is 105. The Morgan fingerprint density at radius 2 is 0.529 bits per heavy atom. The lowest BCUT2D eigenvalue weighted by atomic mass is 9.67. The summed E-state index contributed by atoms with van der Waals surface area (Å²) in [4.78, 5) is 0. The normalized spacial score (nSPS) is 16.2. The largest absolute Gasteiger partial charge is 0.268 e. The average Bonchev–Trinajstić information content (AvgIpc) is 1.67. The number of halogens is 8. The molecule has 0 spiro atoms. The summed E-state index contributed by atoms with van der Waals surface area (Å²) in [5, 5.41) is 0. The highest BCUT2D eigenvalue weighted by atomic mass is 19.3. The summed E-state index contributed by atoms with van der Waals surface area (Å²) in [6.07, 6.45) is 0. The summed E-state index contributed by atoms with van der Waals surface area (Å²) in [7, 11) is 0. The zero-order valence-electron chi connectivity index (χ0n) is 9.52. The van der Waals surface area contributed by atoms with Gasteiger partial charge in [0, 0.05) is 27.7 Å². The van der Waals surface area contributed by atoms with E-state index < -0.39 is 29.1 Å². The second-order valence-corrected chi connectivity index (χ2v) is 4.30. The highest BCUT2D eigenvalue weighted by molar-refractivity contribution is 5.12. The summed E-state index contributed by atoms with van der Waals surface area (Å²) in [6, 6.07) is 0. The molecule has 0 aliphatic heterocycles. The van der Waals surface area contributed by atoms with Gasteiger partial charge in [0.1, 0.15) is 0 Å². The molecule has 17 heavy (non-hydrogen) atoms. The maximum absolute atomic E-state index is 13.1. The Kier molecular flexibility index (Phi) is 3.59. The van der Waals surface area contributed by atoms with E-state index in [0.717, 1.165) is 0 Å². The first-order chi connectivity index (χ1) is 7.00. The van der Waals surface area contributed by atoms with Gasteiger partial charge in [0.15, 0.2) is 0 Å². The molecule has 0 saturated heterocycles. The van der Waals surface area contributed by atoms with E-state index in [-0.39, 0.29) is 27.7 Å². The van der Waals surface area contributed by atoms with Gasteiger partial charge in [-0.25, -0.2) is 35.1 Å². The Balaban J connectivity index is 6.37. The van der Waals surface area contributed by atoms with Crippen molar-refractivity contribution < 1.29 is 35.1 Å². The van der Waals surface area contributed by atoms with Crippen LogP contribution in [0.4, 0.5) is 35.1 Å². The van der Waals surface area contributed by atoms with Crippen LogP contribution in [-0.4, -0.2) is 23.7 Å². The minimum Gasteiger partial charge on any atom is -0.206 e. The molecular formula is C9H12F8. The zero-order chi connectivity index (χ0) is 14.5. The lowest BCUT2D eigenvalue weighted by Gasteiger charge is -2.48. The molecule has 104 valence electrons. The third-order valence-electron chi connectivity index (χ3n) is 2.63. The molecule has 0 nitrogen and oxygen atoms in total. The second kappa shape index (κ2) is 3.71. The third kappa shape index (κ3) is 2.22. The molecule has 0 saturated carbocycles. The van der Waals surface area contributed by atoms with Crippen LogP contribution in [-0.2, 0) is 0 Å². The van der Waals surface area contributed by atoms with Crippen molar-refractivity contribution in [3.8, 4) is 0 Å². The van der Waals surface area contributed by atoms with Gasteiger partial charge in [-0.15, -0.1) is 0 Å². The summed E-state index contributed by atoms with van der Waals surface area (Å²) in [5.41, 5.74) is -5.08. The maximum Gasteiger partial charge on any atom is 0.268 e. The zero-order valence-corrected chi connectivity index (χ0v) is 9.52. The van der Waals surface area contributed by atoms with Crippen molar-refractivity contribution >= 4 is 0 Å². The molecule has 0 amide bonds. The standard InChI is InChI=1S/C9H12F8/c1-5(10,11)9(6(2,12)13,7(3,14)15)8(4,16)17/h1-4H3. The van der Waals surface area contributed by atoms with Crippen LogP contribution in [0.15, 0.2) is 0 Å². The van der Waals surface area contributed by atoms with Crippen molar-refractivity contribution in [2.45, 2.75) is 51.4 Å². The Labute approximate surface area is 93.0 Å². The van der Waals surface area contributed by atoms with Crippen molar-refractivity contribution in [3.63, 3.8) is 0 Å². The van der Waals surface area contributed by atoms with Crippen LogP contribution in [0, 0.1) is 5.41 Å². The Bertz CT molecular complexity index is 210. The van der Waals surface area contributed by atoms with Crippen LogP contribution in [0.5, 0.6) is 0 Å². The van der Waals surface area contributed by atoms with Crippen LogP contribution < -0.4 is 0 Å². The molecule has 0 aliphatic rings. The third-order valence-corrected chi connectivity index (χ3v) is 2.63. The molecule has 0 unspecified atom stereocenters. The fourth-order valence-corrected chi connectivity index (χ4v) is 2.31. The molecule has 0 rings (SSSR count). The number of alkyl halides is 8. The van der Waals surface area contributed by atoms with Crippen molar-refractivity contribution in [2.75, 3.05) is 0 Å².